The summed E-state index contributed by atoms with van der Waals surface area (Å²) in [5.74, 6) is 0. The molecule has 0 bridgehead atoms. The molecule has 0 aromatic heterocycles. The van der Waals surface area contributed by atoms with Crippen LogP contribution in [0.15, 0.2) is 18.2 Å². The average Bonchev–Trinajstić information content (AvgIpc) is 1.69. The van der Waals surface area contributed by atoms with Gasteiger partial charge in [0.05, 0.1) is 0 Å². The van der Waals surface area contributed by atoms with Crippen LogP contribution in [0.3, 0.4) is 0 Å². The van der Waals surface area contributed by atoms with Gasteiger partial charge in [0.2, 0.25) is 0 Å². The van der Waals surface area contributed by atoms with Crippen molar-refractivity contribution in [1.29, 1.82) is 0 Å². The molecule has 0 aromatic carbocycles. The summed E-state index contributed by atoms with van der Waals surface area (Å²) in [7, 11) is 0. The number of allylic oxidation sites excluding steroid dienone is 3. The summed E-state index contributed by atoms with van der Waals surface area (Å²) in [6.45, 7) is 8.69. The maximum absolute atomic E-state index is 6.57. The van der Waals surface area contributed by atoms with Crippen molar-refractivity contribution in [1.82, 2.24) is 0 Å². The average molecular weight is 94.2 g/mol. The van der Waals surface area contributed by atoms with Gasteiger partial charge >= 0.3 is 0 Å². The Morgan fingerprint density at radius 1 is 1.57 bits per heavy atom. The number of hydrogen-bond acceptors (Lipinski definition) is 0. The van der Waals surface area contributed by atoms with Crippen molar-refractivity contribution in [2.45, 2.75) is 19.8 Å². The predicted molar refractivity (Wildman–Crippen MR) is 31.9 cm³/mol. The topological polar surface area (TPSA) is 0 Å². The van der Waals surface area contributed by atoms with Crippen LogP contribution in [0.4, 0.5) is 0 Å². The van der Waals surface area contributed by atoms with E-state index in [1.54, 1.807) is 6.08 Å². The van der Waals surface area contributed by atoms with Crippen molar-refractivity contribution in [3.8, 4) is 0 Å². The Kier molecular flexibility index (Phi) is 5.07. The van der Waals surface area contributed by atoms with Gasteiger partial charge in [-0.25, -0.2) is 0 Å². The Bertz CT molecular complexity index is 60.4. The summed E-state index contributed by atoms with van der Waals surface area (Å²) in [6.07, 6.45) is 7.31. The van der Waals surface area contributed by atoms with Crippen LogP contribution in [0, 0.1) is 6.58 Å². The second kappa shape index (κ2) is 5.48. The normalized spacial score (nSPS) is 9.86. The van der Waals surface area contributed by atoms with Crippen LogP contribution in [-0.2, 0) is 0 Å². The molecule has 0 heteroatoms. The summed E-state index contributed by atoms with van der Waals surface area (Å²) in [4.78, 5) is 0. The van der Waals surface area contributed by atoms with Crippen LogP contribution >= 0.6 is 0 Å². The van der Waals surface area contributed by atoms with E-state index in [0.29, 0.717) is 0 Å². The van der Waals surface area contributed by atoms with E-state index in [2.05, 4.69) is 6.92 Å². The van der Waals surface area contributed by atoms with Crippen molar-refractivity contribution in [2.75, 3.05) is 0 Å². The Hall–Kier alpha value is -0.520. The minimum atomic E-state index is 1.09. The summed E-state index contributed by atoms with van der Waals surface area (Å²) in [6, 6.07) is 0. The largest absolute Gasteiger partial charge is 0.0845 e. The van der Waals surface area contributed by atoms with Gasteiger partial charge in [-0.05, 0) is 13.0 Å². The van der Waals surface area contributed by atoms with Crippen LogP contribution in [-0.4, -0.2) is 0 Å². The third-order valence-electron chi connectivity index (χ3n) is 0.688. The summed E-state index contributed by atoms with van der Waals surface area (Å²) >= 11 is 0. The van der Waals surface area contributed by atoms with Crippen LogP contribution in [0.5, 0.6) is 0 Å². The Morgan fingerprint density at radius 2 is 2.29 bits per heavy atom. The van der Waals surface area contributed by atoms with Crippen LogP contribution < -0.4 is 0 Å². The van der Waals surface area contributed by atoms with E-state index in [0.717, 1.165) is 6.42 Å². The minimum absolute atomic E-state index is 1.09. The first-order valence-corrected chi connectivity index (χ1v) is 2.57. The highest BCUT2D eigenvalue weighted by atomic mass is 13.7. The minimum Gasteiger partial charge on any atom is -0.0845 e. The first kappa shape index (κ1) is 6.48. The first-order chi connectivity index (χ1) is 3.41. The van der Waals surface area contributed by atoms with Gasteiger partial charge in [0.25, 0.3) is 0 Å². The molecule has 2 radical (unpaired) electrons. The van der Waals surface area contributed by atoms with Crippen molar-refractivity contribution in [3.63, 3.8) is 0 Å². The van der Waals surface area contributed by atoms with E-state index >= 15 is 0 Å². The van der Waals surface area contributed by atoms with Crippen molar-refractivity contribution in [3.05, 3.63) is 24.8 Å². The van der Waals surface area contributed by atoms with Gasteiger partial charge in [0, 0.05) is 0 Å². The number of rotatable bonds is 3. The molecular weight excluding hydrogens is 84.1 g/mol. The molecule has 0 N–H and O–H groups in total. The van der Waals surface area contributed by atoms with Gasteiger partial charge in [0.15, 0.2) is 0 Å². The second-order valence-electron chi connectivity index (χ2n) is 1.38. The maximum Gasteiger partial charge on any atom is -0.00991 e. The molecule has 0 rings (SSSR count). The molecule has 0 heterocycles. The lowest BCUT2D eigenvalue weighted by Gasteiger charge is -1.77. The fourth-order valence-corrected chi connectivity index (χ4v) is 0.331. The third-order valence-corrected chi connectivity index (χ3v) is 0.688. The molecule has 0 aromatic rings. The quantitative estimate of drug-likeness (QED) is 0.470. The fourth-order valence-electron chi connectivity index (χ4n) is 0.331. The van der Waals surface area contributed by atoms with Crippen LogP contribution in [0.1, 0.15) is 19.8 Å². The van der Waals surface area contributed by atoms with E-state index in [9.17, 15) is 0 Å². The molecular formula is C7H10. The van der Waals surface area contributed by atoms with Crippen molar-refractivity contribution < 1.29 is 0 Å². The van der Waals surface area contributed by atoms with E-state index in [4.69, 9.17) is 6.58 Å². The van der Waals surface area contributed by atoms with Gasteiger partial charge in [-0.2, -0.15) is 0 Å². The van der Waals surface area contributed by atoms with E-state index in [1.807, 2.05) is 6.08 Å². The number of unbranched alkanes of at least 4 members (excludes halogenated alkanes) is 1. The lowest BCUT2D eigenvalue weighted by atomic mass is 10.3. The maximum atomic E-state index is 6.57. The summed E-state index contributed by atoms with van der Waals surface area (Å²) < 4.78 is 0. The molecule has 0 aliphatic rings. The Morgan fingerprint density at radius 3 is 2.71 bits per heavy atom. The smallest absolute Gasteiger partial charge is 0.00991 e. The predicted octanol–water partition coefficient (Wildman–Crippen LogP) is 2.21. The zero-order valence-corrected chi connectivity index (χ0v) is 4.65. The molecule has 7 heavy (non-hydrogen) atoms. The zero-order chi connectivity index (χ0) is 5.54. The van der Waals surface area contributed by atoms with Crippen molar-refractivity contribution in [2.24, 2.45) is 0 Å². The molecule has 0 saturated heterocycles. The highest BCUT2D eigenvalue weighted by Gasteiger charge is 1.66. The van der Waals surface area contributed by atoms with Crippen LogP contribution in [0.2, 0.25) is 0 Å². The lowest BCUT2D eigenvalue weighted by molar-refractivity contribution is 0.959. The molecule has 38 valence electrons. The van der Waals surface area contributed by atoms with Gasteiger partial charge in [-0.1, -0.05) is 31.6 Å². The molecule has 0 aliphatic carbocycles. The highest BCUT2D eigenvalue weighted by molar-refractivity contribution is 4.94. The number of hydrogen-bond donors (Lipinski definition) is 0. The Balaban J connectivity index is 2.92. The monoisotopic (exact) mass is 94.1 g/mol. The highest BCUT2D eigenvalue weighted by Crippen LogP contribution is 1.86. The fraction of sp³-hybridized carbons (Fsp3) is 0.429. The van der Waals surface area contributed by atoms with Crippen LogP contribution in [0.25, 0.3) is 0 Å². The van der Waals surface area contributed by atoms with E-state index in [-0.39, 0.29) is 0 Å². The lowest BCUT2D eigenvalue weighted by Crippen LogP contribution is -1.56. The standard InChI is InChI=1S/C7H10/c1-3-5-7-6-4-2/h4,6-7H,3,5H2,1H3. The first-order valence-electron chi connectivity index (χ1n) is 2.57. The molecule has 0 spiro atoms. The molecule has 0 aliphatic heterocycles. The Labute approximate surface area is 45.5 Å². The van der Waals surface area contributed by atoms with Gasteiger partial charge in [-0.15, -0.1) is 0 Å². The summed E-state index contributed by atoms with van der Waals surface area (Å²) in [5, 5.41) is 0. The van der Waals surface area contributed by atoms with Gasteiger partial charge in [0.1, 0.15) is 0 Å². The molecule has 0 saturated carbocycles. The SMILES string of the molecule is [C]=CC=CCCC. The molecule has 0 atom stereocenters. The van der Waals surface area contributed by atoms with Gasteiger partial charge < -0.3 is 0 Å². The second-order valence-corrected chi connectivity index (χ2v) is 1.38. The van der Waals surface area contributed by atoms with E-state index in [1.165, 1.54) is 12.5 Å². The molecule has 0 nitrogen and oxygen atoms in total. The summed E-state index contributed by atoms with van der Waals surface area (Å²) in [5.41, 5.74) is 0. The zero-order valence-electron chi connectivity index (χ0n) is 4.65. The molecule has 0 unspecified atom stereocenters. The molecule has 0 amide bonds. The van der Waals surface area contributed by atoms with Gasteiger partial charge in [-0.3, -0.25) is 0 Å². The van der Waals surface area contributed by atoms with Crippen molar-refractivity contribution >= 4 is 0 Å². The van der Waals surface area contributed by atoms with E-state index < -0.39 is 0 Å². The molecule has 0 fully saturated rings. The third kappa shape index (κ3) is 5.48.